The molecule has 1 fully saturated rings. The molecule has 0 amide bonds. The van der Waals surface area contributed by atoms with Crippen LogP contribution >= 0.6 is 0 Å². The van der Waals surface area contributed by atoms with E-state index in [0.29, 0.717) is 0 Å². The zero-order valence-corrected chi connectivity index (χ0v) is 11.3. The van der Waals surface area contributed by atoms with E-state index in [1.165, 1.54) is 0 Å². The van der Waals surface area contributed by atoms with E-state index in [4.69, 9.17) is 4.74 Å². The third kappa shape index (κ3) is 4.15. The van der Waals surface area contributed by atoms with Gasteiger partial charge in [0.15, 0.2) is 0 Å². The summed E-state index contributed by atoms with van der Waals surface area (Å²) in [5.74, 6) is -0.0339. The van der Waals surface area contributed by atoms with E-state index in [2.05, 4.69) is 11.9 Å². The zero-order chi connectivity index (χ0) is 12.9. The van der Waals surface area contributed by atoms with Crippen molar-refractivity contribution in [3.8, 4) is 0 Å². The monoisotopic (exact) mass is 239 g/mol. The fraction of sp³-hybridized carbons (Fsp3) is 0.786. The Kier molecular flexibility index (Phi) is 4.75. The summed E-state index contributed by atoms with van der Waals surface area (Å²) in [7, 11) is 0. The van der Waals surface area contributed by atoms with Crippen molar-refractivity contribution < 1.29 is 9.53 Å². The van der Waals surface area contributed by atoms with Crippen LogP contribution in [0.4, 0.5) is 0 Å². The SMILES string of the molecule is C=CCCC1(C(=O)OC(C)(C)C)CCNCC1. The lowest BCUT2D eigenvalue weighted by Gasteiger charge is -2.37. The summed E-state index contributed by atoms with van der Waals surface area (Å²) in [4.78, 5) is 12.4. The van der Waals surface area contributed by atoms with Crippen LogP contribution in [-0.4, -0.2) is 24.7 Å². The fourth-order valence-corrected chi connectivity index (χ4v) is 2.23. The van der Waals surface area contributed by atoms with Crippen LogP contribution in [-0.2, 0) is 9.53 Å². The van der Waals surface area contributed by atoms with Gasteiger partial charge < -0.3 is 10.1 Å². The lowest BCUT2D eigenvalue weighted by atomic mass is 9.75. The van der Waals surface area contributed by atoms with Crippen molar-refractivity contribution in [3.05, 3.63) is 12.7 Å². The molecule has 1 rings (SSSR count). The number of nitrogens with one attached hydrogen (secondary N) is 1. The van der Waals surface area contributed by atoms with Crippen LogP contribution in [0.15, 0.2) is 12.7 Å². The largest absolute Gasteiger partial charge is 0.460 e. The van der Waals surface area contributed by atoms with Gasteiger partial charge in [-0.2, -0.15) is 0 Å². The molecule has 0 atom stereocenters. The van der Waals surface area contributed by atoms with Gasteiger partial charge in [-0.3, -0.25) is 4.79 Å². The molecule has 0 aromatic rings. The zero-order valence-electron chi connectivity index (χ0n) is 11.3. The topological polar surface area (TPSA) is 38.3 Å². The van der Waals surface area contributed by atoms with E-state index < -0.39 is 5.60 Å². The lowest BCUT2D eigenvalue weighted by molar-refractivity contribution is -0.170. The summed E-state index contributed by atoms with van der Waals surface area (Å²) in [6.45, 7) is 11.3. The molecule has 0 bridgehead atoms. The number of carbonyl (C=O) groups is 1. The maximum atomic E-state index is 12.4. The second-order valence-corrected chi connectivity index (χ2v) is 5.86. The number of allylic oxidation sites excluding steroid dienone is 1. The highest BCUT2D eigenvalue weighted by Crippen LogP contribution is 2.36. The molecule has 0 radical (unpaired) electrons. The highest BCUT2D eigenvalue weighted by molar-refractivity contribution is 5.77. The highest BCUT2D eigenvalue weighted by Gasteiger charge is 2.41. The fourth-order valence-electron chi connectivity index (χ4n) is 2.23. The number of hydrogen-bond donors (Lipinski definition) is 1. The molecule has 17 heavy (non-hydrogen) atoms. The van der Waals surface area contributed by atoms with Gasteiger partial charge in [0, 0.05) is 0 Å². The Hall–Kier alpha value is -0.830. The van der Waals surface area contributed by atoms with Gasteiger partial charge in [-0.05, 0) is 59.5 Å². The van der Waals surface area contributed by atoms with Gasteiger partial charge in [0.2, 0.25) is 0 Å². The molecule has 3 heteroatoms. The van der Waals surface area contributed by atoms with Crippen molar-refractivity contribution in [3.63, 3.8) is 0 Å². The Labute approximate surface area is 105 Å². The molecule has 0 unspecified atom stereocenters. The summed E-state index contributed by atoms with van der Waals surface area (Å²) < 4.78 is 5.58. The molecule has 98 valence electrons. The molecule has 0 aromatic heterocycles. The molecular weight excluding hydrogens is 214 g/mol. The van der Waals surface area contributed by atoms with Crippen LogP contribution in [0, 0.1) is 5.41 Å². The van der Waals surface area contributed by atoms with E-state index in [0.717, 1.165) is 38.8 Å². The molecule has 0 spiro atoms. The maximum absolute atomic E-state index is 12.4. The average molecular weight is 239 g/mol. The molecule has 0 aliphatic carbocycles. The number of piperidine rings is 1. The van der Waals surface area contributed by atoms with Crippen molar-refractivity contribution in [1.29, 1.82) is 0 Å². The van der Waals surface area contributed by atoms with Gasteiger partial charge in [-0.15, -0.1) is 6.58 Å². The van der Waals surface area contributed by atoms with Gasteiger partial charge in [0.25, 0.3) is 0 Å². The summed E-state index contributed by atoms with van der Waals surface area (Å²) in [6, 6.07) is 0. The van der Waals surface area contributed by atoms with Crippen LogP contribution in [0.25, 0.3) is 0 Å². The Bertz CT molecular complexity index is 272. The van der Waals surface area contributed by atoms with Crippen molar-refractivity contribution >= 4 is 5.97 Å². The minimum absolute atomic E-state index is 0.0339. The quantitative estimate of drug-likeness (QED) is 0.605. The predicted octanol–water partition coefficient (Wildman–Crippen LogP) is 2.66. The molecule has 1 aliphatic heterocycles. The maximum Gasteiger partial charge on any atom is 0.312 e. The first-order valence-electron chi connectivity index (χ1n) is 6.45. The minimum atomic E-state index is -0.400. The third-order valence-corrected chi connectivity index (χ3v) is 3.22. The summed E-state index contributed by atoms with van der Waals surface area (Å²) in [5.41, 5.74) is -0.699. The first-order chi connectivity index (χ1) is 7.90. The van der Waals surface area contributed by atoms with Crippen LogP contribution in [0.3, 0.4) is 0 Å². The highest BCUT2D eigenvalue weighted by atomic mass is 16.6. The van der Waals surface area contributed by atoms with Gasteiger partial charge in [-0.1, -0.05) is 6.08 Å². The predicted molar refractivity (Wildman–Crippen MR) is 69.8 cm³/mol. The Morgan fingerprint density at radius 2 is 2.00 bits per heavy atom. The number of hydrogen-bond acceptors (Lipinski definition) is 3. The first kappa shape index (κ1) is 14.2. The Balaban J connectivity index is 2.74. The summed E-state index contributed by atoms with van der Waals surface area (Å²) in [6.07, 6.45) is 5.35. The van der Waals surface area contributed by atoms with E-state index in [-0.39, 0.29) is 11.4 Å². The summed E-state index contributed by atoms with van der Waals surface area (Å²) >= 11 is 0. The second-order valence-electron chi connectivity index (χ2n) is 5.86. The normalized spacial score (nSPS) is 19.7. The second kappa shape index (κ2) is 5.67. The molecule has 1 aliphatic rings. The molecule has 0 aromatic carbocycles. The third-order valence-electron chi connectivity index (χ3n) is 3.22. The Morgan fingerprint density at radius 1 is 1.41 bits per heavy atom. The standard InChI is InChI=1S/C14H25NO2/c1-5-6-7-14(8-10-15-11-9-14)12(16)17-13(2,3)4/h5,15H,1,6-11H2,2-4H3. The number of ether oxygens (including phenoxy) is 1. The van der Waals surface area contributed by atoms with Crippen LogP contribution in [0.1, 0.15) is 46.5 Å². The van der Waals surface area contributed by atoms with Crippen LogP contribution < -0.4 is 5.32 Å². The molecule has 1 heterocycles. The molecule has 3 nitrogen and oxygen atoms in total. The number of carbonyl (C=O) groups excluding carboxylic acids is 1. The smallest absolute Gasteiger partial charge is 0.312 e. The molecule has 1 saturated heterocycles. The van der Waals surface area contributed by atoms with Gasteiger partial charge in [0.05, 0.1) is 5.41 Å². The minimum Gasteiger partial charge on any atom is -0.460 e. The van der Waals surface area contributed by atoms with Crippen LogP contribution in [0.2, 0.25) is 0 Å². The van der Waals surface area contributed by atoms with Gasteiger partial charge in [0.1, 0.15) is 5.60 Å². The van der Waals surface area contributed by atoms with Crippen molar-refractivity contribution in [2.45, 2.75) is 52.1 Å². The summed E-state index contributed by atoms with van der Waals surface area (Å²) in [5, 5.41) is 3.30. The van der Waals surface area contributed by atoms with E-state index in [9.17, 15) is 4.79 Å². The Morgan fingerprint density at radius 3 is 2.47 bits per heavy atom. The molecule has 1 N–H and O–H groups in total. The van der Waals surface area contributed by atoms with Crippen LogP contribution in [0.5, 0.6) is 0 Å². The van der Waals surface area contributed by atoms with Crippen molar-refractivity contribution in [2.24, 2.45) is 5.41 Å². The van der Waals surface area contributed by atoms with Crippen molar-refractivity contribution in [1.82, 2.24) is 5.32 Å². The van der Waals surface area contributed by atoms with Crippen molar-refractivity contribution in [2.75, 3.05) is 13.1 Å². The van der Waals surface area contributed by atoms with Gasteiger partial charge >= 0.3 is 5.97 Å². The molecular formula is C14H25NO2. The average Bonchev–Trinajstić information content (AvgIpc) is 2.25. The molecule has 0 saturated carbocycles. The van der Waals surface area contributed by atoms with E-state index in [1.54, 1.807) is 0 Å². The first-order valence-corrected chi connectivity index (χ1v) is 6.45. The van der Waals surface area contributed by atoms with Gasteiger partial charge in [-0.25, -0.2) is 0 Å². The number of rotatable bonds is 4. The van der Waals surface area contributed by atoms with E-state index >= 15 is 0 Å². The van der Waals surface area contributed by atoms with E-state index in [1.807, 2.05) is 26.8 Å². The number of esters is 1. The lowest BCUT2D eigenvalue weighted by Crippen LogP contribution is -2.45.